The molecule has 1 aliphatic rings. The Hall–Kier alpha value is -3.07. The molecule has 0 aliphatic carbocycles. The standard InChI is InChI=1S/C20H23N7OS/c1-15-3-5-16(6-4-15)18-23-24-20(29)27(18)10-7-17(28)25-11-13-26(14-12-25)19-21-8-2-9-22-19/h2-6,8-9H,7,10-14H2,1H3,(H,24,29). The van der Waals surface area contributed by atoms with Crippen molar-refractivity contribution in [3.8, 4) is 11.4 Å². The fourth-order valence-electron chi connectivity index (χ4n) is 3.42. The van der Waals surface area contributed by atoms with Crippen LogP contribution in [0, 0.1) is 11.7 Å². The van der Waals surface area contributed by atoms with E-state index in [0.717, 1.165) is 24.5 Å². The van der Waals surface area contributed by atoms with Gasteiger partial charge in [-0.15, -0.1) is 0 Å². The van der Waals surface area contributed by atoms with Crippen molar-refractivity contribution in [3.63, 3.8) is 0 Å². The Morgan fingerprint density at radius 3 is 2.48 bits per heavy atom. The number of nitrogens with zero attached hydrogens (tertiary/aromatic N) is 6. The van der Waals surface area contributed by atoms with Gasteiger partial charge >= 0.3 is 0 Å². The second kappa shape index (κ2) is 8.52. The van der Waals surface area contributed by atoms with E-state index in [1.807, 2.05) is 40.7 Å². The van der Waals surface area contributed by atoms with Crippen LogP contribution >= 0.6 is 12.2 Å². The van der Waals surface area contributed by atoms with Crippen molar-refractivity contribution in [1.82, 2.24) is 29.6 Å². The Bertz CT molecular complexity index is 1020. The highest BCUT2D eigenvalue weighted by Crippen LogP contribution is 2.19. The summed E-state index contributed by atoms with van der Waals surface area (Å²) in [7, 11) is 0. The third-order valence-corrected chi connectivity index (χ3v) is 5.40. The minimum Gasteiger partial charge on any atom is -0.339 e. The van der Waals surface area contributed by atoms with Crippen molar-refractivity contribution in [2.45, 2.75) is 19.9 Å². The van der Waals surface area contributed by atoms with Crippen molar-refractivity contribution < 1.29 is 4.79 Å². The minimum absolute atomic E-state index is 0.122. The number of piperazine rings is 1. The Balaban J connectivity index is 1.37. The highest BCUT2D eigenvalue weighted by molar-refractivity contribution is 7.71. The van der Waals surface area contributed by atoms with Crippen LogP contribution in [0.25, 0.3) is 11.4 Å². The second-order valence-electron chi connectivity index (χ2n) is 7.04. The van der Waals surface area contributed by atoms with Gasteiger partial charge in [-0.25, -0.2) is 9.97 Å². The minimum atomic E-state index is 0.122. The molecular formula is C20H23N7OS. The lowest BCUT2D eigenvalue weighted by Crippen LogP contribution is -2.49. The van der Waals surface area contributed by atoms with Crippen molar-refractivity contribution >= 4 is 24.1 Å². The van der Waals surface area contributed by atoms with Crippen LogP contribution in [-0.4, -0.2) is 61.7 Å². The maximum Gasteiger partial charge on any atom is 0.225 e. The number of aromatic amines is 1. The van der Waals surface area contributed by atoms with Gasteiger partial charge < -0.3 is 9.80 Å². The first-order valence-electron chi connectivity index (χ1n) is 9.64. The molecular weight excluding hydrogens is 386 g/mol. The smallest absolute Gasteiger partial charge is 0.225 e. The molecule has 0 spiro atoms. The van der Waals surface area contributed by atoms with Crippen LogP contribution in [0.5, 0.6) is 0 Å². The van der Waals surface area contributed by atoms with Gasteiger partial charge in [-0.2, -0.15) is 5.10 Å². The predicted octanol–water partition coefficient (Wildman–Crippen LogP) is 2.45. The molecule has 9 heteroatoms. The number of aryl methyl sites for hydroxylation is 1. The fraction of sp³-hybridized carbons (Fsp3) is 0.350. The molecule has 4 rings (SSSR count). The summed E-state index contributed by atoms with van der Waals surface area (Å²) in [6, 6.07) is 9.92. The second-order valence-corrected chi connectivity index (χ2v) is 7.42. The molecule has 1 aromatic carbocycles. The molecule has 1 aliphatic heterocycles. The first-order valence-corrected chi connectivity index (χ1v) is 10.0. The van der Waals surface area contributed by atoms with Crippen LogP contribution in [-0.2, 0) is 11.3 Å². The van der Waals surface area contributed by atoms with Gasteiger partial charge in [-0.3, -0.25) is 14.5 Å². The molecule has 0 bridgehead atoms. The van der Waals surface area contributed by atoms with Crippen LogP contribution in [0.3, 0.4) is 0 Å². The van der Waals surface area contributed by atoms with E-state index in [2.05, 4.69) is 25.1 Å². The predicted molar refractivity (Wildman–Crippen MR) is 113 cm³/mol. The average Bonchev–Trinajstić information content (AvgIpc) is 3.13. The molecule has 0 saturated carbocycles. The van der Waals surface area contributed by atoms with Crippen LogP contribution in [0.2, 0.25) is 0 Å². The number of aromatic nitrogens is 5. The summed E-state index contributed by atoms with van der Waals surface area (Å²) in [5.74, 6) is 1.59. The molecule has 3 aromatic rings. The van der Waals surface area contributed by atoms with E-state index >= 15 is 0 Å². The highest BCUT2D eigenvalue weighted by atomic mass is 32.1. The largest absolute Gasteiger partial charge is 0.339 e. The van der Waals surface area contributed by atoms with Crippen LogP contribution in [0.4, 0.5) is 5.95 Å². The van der Waals surface area contributed by atoms with Gasteiger partial charge in [0.1, 0.15) is 0 Å². The van der Waals surface area contributed by atoms with Gasteiger partial charge in [0.2, 0.25) is 11.9 Å². The maximum absolute atomic E-state index is 12.7. The lowest BCUT2D eigenvalue weighted by molar-refractivity contribution is -0.131. The number of amides is 1. The van der Waals surface area contributed by atoms with Crippen molar-refractivity contribution in [2.75, 3.05) is 31.1 Å². The third-order valence-electron chi connectivity index (χ3n) is 5.08. The summed E-state index contributed by atoms with van der Waals surface area (Å²) in [6.45, 7) is 5.34. The molecule has 1 N–H and O–H groups in total. The van der Waals surface area contributed by atoms with Crippen molar-refractivity contribution in [3.05, 3.63) is 53.1 Å². The van der Waals surface area contributed by atoms with Crippen molar-refractivity contribution in [1.29, 1.82) is 0 Å². The normalized spacial score (nSPS) is 14.2. The Labute approximate surface area is 174 Å². The average molecular weight is 410 g/mol. The van der Waals surface area contributed by atoms with Gasteiger partial charge in [0.25, 0.3) is 0 Å². The van der Waals surface area contributed by atoms with E-state index in [1.165, 1.54) is 5.56 Å². The van der Waals surface area contributed by atoms with E-state index in [0.29, 0.717) is 36.8 Å². The molecule has 0 radical (unpaired) electrons. The monoisotopic (exact) mass is 409 g/mol. The van der Waals surface area contributed by atoms with Gasteiger partial charge in [-0.05, 0) is 25.2 Å². The SMILES string of the molecule is Cc1ccc(-c2n[nH]c(=S)n2CCC(=O)N2CCN(c3ncccn3)CC2)cc1. The Morgan fingerprint density at radius 1 is 1.10 bits per heavy atom. The van der Waals surface area contributed by atoms with Gasteiger partial charge in [-0.1, -0.05) is 29.8 Å². The molecule has 0 atom stereocenters. The topological polar surface area (TPSA) is 82.9 Å². The van der Waals surface area contributed by atoms with E-state index in [9.17, 15) is 4.79 Å². The summed E-state index contributed by atoms with van der Waals surface area (Å²) in [6.07, 6.45) is 3.86. The molecule has 2 aromatic heterocycles. The van der Waals surface area contributed by atoms with Crippen LogP contribution in [0.1, 0.15) is 12.0 Å². The highest BCUT2D eigenvalue weighted by Gasteiger charge is 2.22. The van der Waals surface area contributed by atoms with Crippen LogP contribution < -0.4 is 4.90 Å². The first kappa shape index (κ1) is 19.3. The Morgan fingerprint density at radius 2 is 1.79 bits per heavy atom. The summed E-state index contributed by atoms with van der Waals surface area (Å²) >= 11 is 5.38. The fourth-order valence-corrected chi connectivity index (χ4v) is 3.65. The molecule has 8 nitrogen and oxygen atoms in total. The zero-order valence-electron chi connectivity index (χ0n) is 16.3. The number of benzene rings is 1. The van der Waals surface area contributed by atoms with E-state index < -0.39 is 0 Å². The molecule has 1 amide bonds. The van der Waals surface area contributed by atoms with E-state index in [4.69, 9.17) is 12.2 Å². The third kappa shape index (κ3) is 4.34. The number of hydrogen-bond acceptors (Lipinski definition) is 6. The molecule has 0 unspecified atom stereocenters. The summed E-state index contributed by atoms with van der Waals surface area (Å²) < 4.78 is 2.42. The number of rotatable bonds is 5. The quantitative estimate of drug-likeness (QED) is 0.652. The zero-order chi connectivity index (χ0) is 20.2. The molecule has 1 fully saturated rings. The lowest BCUT2D eigenvalue weighted by Gasteiger charge is -2.34. The van der Waals surface area contributed by atoms with E-state index in [1.54, 1.807) is 18.5 Å². The summed E-state index contributed by atoms with van der Waals surface area (Å²) in [4.78, 5) is 25.3. The molecule has 150 valence electrons. The zero-order valence-corrected chi connectivity index (χ0v) is 17.1. The number of nitrogens with one attached hydrogen (secondary N) is 1. The van der Waals surface area contributed by atoms with Gasteiger partial charge in [0, 0.05) is 57.1 Å². The number of carbonyl (C=O) groups excluding carboxylic acids is 1. The number of anilines is 1. The summed E-state index contributed by atoms with van der Waals surface area (Å²) in [5, 5.41) is 7.20. The molecule has 3 heterocycles. The number of hydrogen-bond donors (Lipinski definition) is 1. The lowest BCUT2D eigenvalue weighted by atomic mass is 10.1. The Kier molecular flexibility index (Phi) is 5.66. The maximum atomic E-state index is 12.7. The van der Waals surface area contributed by atoms with Crippen molar-refractivity contribution in [2.24, 2.45) is 0 Å². The number of carbonyl (C=O) groups is 1. The summed E-state index contributed by atoms with van der Waals surface area (Å²) in [5.41, 5.74) is 2.16. The first-order chi connectivity index (χ1) is 14.1. The number of H-pyrrole nitrogens is 1. The van der Waals surface area contributed by atoms with Gasteiger partial charge in [0.15, 0.2) is 10.6 Å². The molecule has 29 heavy (non-hydrogen) atoms. The van der Waals surface area contributed by atoms with E-state index in [-0.39, 0.29) is 5.91 Å². The molecule has 1 saturated heterocycles. The van der Waals surface area contributed by atoms with Gasteiger partial charge in [0.05, 0.1) is 0 Å². The van der Waals surface area contributed by atoms with Crippen LogP contribution in [0.15, 0.2) is 42.7 Å².